The Balaban J connectivity index is 1.49. The van der Waals surface area contributed by atoms with Gasteiger partial charge in [-0.2, -0.15) is 0 Å². The van der Waals surface area contributed by atoms with Gasteiger partial charge in [0.2, 0.25) is 0 Å². The Morgan fingerprint density at radius 2 is 1.83 bits per heavy atom. The lowest BCUT2D eigenvalue weighted by Crippen LogP contribution is -2.57. The number of benzene rings is 2. The largest absolute Gasteiger partial charge is 0.478 e. The molecule has 1 aliphatic rings. The van der Waals surface area contributed by atoms with Crippen molar-refractivity contribution in [3.8, 4) is 0 Å². The first-order valence-electron chi connectivity index (χ1n) is 7.90. The molecule has 0 spiro atoms. The first kappa shape index (κ1) is 15.7. The molecule has 0 saturated carbocycles. The number of aromatic carboxylic acids is 1. The molecule has 0 atom stereocenters. The third-order valence-electron chi connectivity index (χ3n) is 4.42. The first-order chi connectivity index (χ1) is 11.1. The van der Waals surface area contributed by atoms with Gasteiger partial charge in [-0.15, -0.1) is 0 Å². The second kappa shape index (κ2) is 6.94. The molecule has 1 fully saturated rings. The summed E-state index contributed by atoms with van der Waals surface area (Å²) in [7, 11) is 2.17. The molecule has 1 heterocycles. The van der Waals surface area contributed by atoms with Crippen LogP contribution in [0.4, 0.5) is 0 Å². The summed E-state index contributed by atoms with van der Waals surface area (Å²) in [6.07, 6.45) is 0. The van der Waals surface area contributed by atoms with Gasteiger partial charge in [-0.25, -0.2) is 4.79 Å². The Labute approximate surface area is 137 Å². The highest BCUT2D eigenvalue weighted by molar-refractivity contribution is 5.87. The van der Waals surface area contributed by atoms with Crippen molar-refractivity contribution in [2.45, 2.75) is 19.1 Å². The molecular weight excluding hydrogens is 288 g/mol. The molecular formula is C19H22N2O2. The summed E-state index contributed by atoms with van der Waals surface area (Å²) in [5, 5.41) is 9.05. The van der Waals surface area contributed by atoms with Crippen LogP contribution in [0.1, 0.15) is 21.5 Å². The first-order valence-corrected chi connectivity index (χ1v) is 7.90. The Bertz CT molecular complexity index is 666. The van der Waals surface area contributed by atoms with Gasteiger partial charge in [0.25, 0.3) is 0 Å². The monoisotopic (exact) mass is 310 g/mol. The van der Waals surface area contributed by atoms with Gasteiger partial charge in [0.15, 0.2) is 0 Å². The number of hydrogen-bond donors (Lipinski definition) is 1. The summed E-state index contributed by atoms with van der Waals surface area (Å²) in [6, 6.07) is 18.3. The molecule has 1 aliphatic heterocycles. The molecule has 2 aromatic rings. The predicted molar refractivity (Wildman–Crippen MR) is 90.4 cm³/mol. The van der Waals surface area contributed by atoms with E-state index in [0.29, 0.717) is 11.6 Å². The third kappa shape index (κ3) is 3.97. The van der Waals surface area contributed by atoms with Crippen LogP contribution in [0.5, 0.6) is 0 Å². The SMILES string of the molecule is CN(Cc1ccccc1)C1CN(Cc2cccc(C(=O)O)c2)C1. The molecule has 0 amide bonds. The van der Waals surface area contributed by atoms with Gasteiger partial charge < -0.3 is 5.11 Å². The smallest absolute Gasteiger partial charge is 0.335 e. The zero-order chi connectivity index (χ0) is 16.2. The summed E-state index contributed by atoms with van der Waals surface area (Å²) >= 11 is 0. The minimum absolute atomic E-state index is 0.362. The van der Waals surface area contributed by atoms with Gasteiger partial charge in [-0.05, 0) is 30.3 Å². The van der Waals surface area contributed by atoms with Crippen LogP contribution >= 0.6 is 0 Å². The van der Waals surface area contributed by atoms with E-state index in [2.05, 4.69) is 41.1 Å². The Morgan fingerprint density at radius 3 is 2.52 bits per heavy atom. The Kier molecular flexibility index (Phi) is 4.74. The Hall–Kier alpha value is -2.17. The van der Waals surface area contributed by atoms with E-state index in [1.165, 1.54) is 5.56 Å². The van der Waals surface area contributed by atoms with Crippen LogP contribution < -0.4 is 0 Å². The fraction of sp³-hybridized carbons (Fsp3) is 0.316. The highest BCUT2D eigenvalue weighted by atomic mass is 16.4. The summed E-state index contributed by atoms with van der Waals surface area (Å²) in [5.41, 5.74) is 2.76. The maximum absolute atomic E-state index is 11.0. The normalized spacial score (nSPS) is 15.6. The van der Waals surface area contributed by atoms with E-state index < -0.39 is 5.97 Å². The van der Waals surface area contributed by atoms with Crippen molar-refractivity contribution in [1.82, 2.24) is 9.80 Å². The standard InChI is InChI=1S/C19H22N2O2/c1-20(11-15-6-3-2-4-7-15)18-13-21(14-18)12-16-8-5-9-17(10-16)19(22)23/h2-10,18H,11-14H2,1H3,(H,22,23). The molecule has 0 bridgehead atoms. The molecule has 1 saturated heterocycles. The van der Waals surface area contributed by atoms with Crippen LogP contribution in [-0.4, -0.2) is 47.1 Å². The van der Waals surface area contributed by atoms with Crippen molar-refractivity contribution in [3.05, 3.63) is 71.3 Å². The summed E-state index contributed by atoms with van der Waals surface area (Å²) in [4.78, 5) is 15.8. The van der Waals surface area contributed by atoms with Crippen molar-refractivity contribution >= 4 is 5.97 Å². The van der Waals surface area contributed by atoms with Crippen molar-refractivity contribution in [3.63, 3.8) is 0 Å². The zero-order valence-electron chi connectivity index (χ0n) is 13.4. The molecule has 120 valence electrons. The van der Waals surface area contributed by atoms with E-state index in [1.54, 1.807) is 12.1 Å². The van der Waals surface area contributed by atoms with Gasteiger partial charge in [0.05, 0.1) is 5.56 Å². The maximum atomic E-state index is 11.0. The summed E-state index contributed by atoms with van der Waals surface area (Å²) in [6.45, 7) is 3.84. The van der Waals surface area contributed by atoms with Crippen LogP contribution in [0, 0.1) is 0 Å². The van der Waals surface area contributed by atoms with Crippen LogP contribution in [-0.2, 0) is 13.1 Å². The average Bonchev–Trinajstić information content (AvgIpc) is 2.51. The van der Waals surface area contributed by atoms with Crippen molar-refractivity contribution in [1.29, 1.82) is 0 Å². The van der Waals surface area contributed by atoms with Crippen LogP contribution in [0.15, 0.2) is 54.6 Å². The minimum atomic E-state index is -0.865. The third-order valence-corrected chi connectivity index (χ3v) is 4.42. The van der Waals surface area contributed by atoms with Gasteiger partial charge in [0.1, 0.15) is 0 Å². The van der Waals surface area contributed by atoms with E-state index >= 15 is 0 Å². The van der Waals surface area contributed by atoms with Gasteiger partial charge in [0, 0.05) is 32.2 Å². The molecule has 0 radical (unpaired) electrons. The van der Waals surface area contributed by atoms with Crippen LogP contribution in [0.25, 0.3) is 0 Å². The topological polar surface area (TPSA) is 43.8 Å². The Morgan fingerprint density at radius 1 is 1.13 bits per heavy atom. The number of carboxylic acids is 1. The lowest BCUT2D eigenvalue weighted by molar-refractivity contribution is 0.0393. The van der Waals surface area contributed by atoms with E-state index in [1.807, 2.05) is 18.2 Å². The summed E-state index contributed by atoms with van der Waals surface area (Å²) in [5.74, 6) is -0.865. The van der Waals surface area contributed by atoms with E-state index in [-0.39, 0.29) is 0 Å². The van der Waals surface area contributed by atoms with E-state index in [9.17, 15) is 4.79 Å². The molecule has 4 heteroatoms. The van der Waals surface area contributed by atoms with Gasteiger partial charge >= 0.3 is 5.97 Å². The average molecular weight is 310 g/mol. The number of carboxylic acid groups (broad SMARTS) is 1. The highest BCUT2D eigenvalue weighted by Crippen LogP contribution is 2.19. The van der Waals surface area contributed by atoms with E-state index in [0.717, 1.165) is 31.7 Å². The number of carbonyl (C=O) groups is 1. The number of likely N-dealkylation sites (N-methyl/N-ethyl adjacent to an activating group) is 1. The maximum Gasteiger partial charge on any atom is 0.335 e. The number of nitrogens with zero attached hydrogens (tertiary/aromatic N) is 2. The predicted octanol–water partition coefficient (Wildman–Crippen LogP) is 2.70. The molecule has 0 aliphatic carbocycles. The molecule has 3 rings (SSSR count). The lowest BCUT2D eigenvalue weighted by atomic mass is 10.0. The molecule has 23 heavy (non-hydrogen) atoms. The molecule has 4 nitrogen and oxygen atoms in total. The molecule has 0 aromatic heterocycles. The fourth-order valence-electron chi connectivity index (χ4n) is 3.01. The van der Waals surface area contributed by atoms with Crippen molar-refractivity contribution in [2.24, 2.45) is 0 Å². The highest BCUT2D eigenvalue weighted by Gasteiger charge is 2.29. The van der Waals surface area contributed by atoms with Crippen LogP contribution in [0.3, 0.4) is 0 Å². The lowest BCUT2D eigenvalue weighted by Gasteiger charge is -2.44. The second-order valence-electron chi connectivity index (χ2n) is 6.25. The minimum Gasteiger partial charge on any atom is -0.478 e. The van der Waals surface area contributed by atoms with Crippen LogP contribution in [0.2, 0.25) is 0 Å². The fourth-order valence-corrected chi connectivity index (χ4v) is 3.01. The number of hydrogen-bond acceptors (Lipinski definition) is 3. The van der Waals surface area contributed by atoms with E-state index in [4.69, 9.17) is 5.11 Å². The zero-order valence-corrected chi connectivity index (χ0v) is 13.4. The molecule has 0 unspecified atom stereocenters. The van der Waals surface area contributed by atoms with Gasteiger partial charge in [-0.1, -0.05) is 42.5 Å². The van der Waals surface area contributed by atoms with Gasteiger partial charge in [-0.3, -0.25) is 9.80 Å². The van der Waals surface area contributed by atoms with Crippen molar-refractivity contribution in [2.75, 3.05) is 20.1 Å². The summed E-state index contributed by atoms with van der Waals surface area (Å²) < 4.78 is 0. The van der Waals surface area contributed by atoms with Crippen molar-refractivity contribution < 1.29 is 9.90 Å². The molecule has 1 N–H and O–H groups in total. The number of rotatable bonds is 6. The molecule has 2 aromatic carbocycles. The number of likely N-dealkylation sites (tertiary alicyclic amines) is 1. The second-order valence-corrected chi connectivity index (χ2v) is 6.25. The quantitative estimate of drug-likeness (QED) is 0.891.